The number of alkyl halides is 3. The highest BCUT2D eigenvalue weighted by molar-refractivity contribution is 6.03. The number of anilines is 1. The van der Waals surface area contributed by atoms with Gasteiger partial charge >= 0.3 is 6.18 Å². The first kappa shape index (κ1) is 33.5. The van der Waals surface area contributed by atoms with Gasteiger partial charge in [-0.1, -0.05) is 0 Å². The second kappa shape index (κ2) is 15.6. The van der Waals surface area contributed by atoms with Crippen LogP contribution in [0.2, 0.25) is 0 Å². The molecule has 248 valence electrons. The van der Waals surface area contributed by atoms with Crippen molar-refractivity contribution in [3.05, 3.63) is 64.3 Å². The molecule has 46 heavy (non-hydrogen) atoms. The summed E-state index contributed by atoms with van der Waals surface area (Å²) in [6, 6.07) is 10.5. The molecule has 2 aromatic carbocycles. The third kappa shape index (κ3) is 8.28. The van der Waals surface area contributed by atoms with Gasteiger partial charge in [-0.2, -0.15) is 13.2 Å². The average molecular weight is 648 g/mol. The van der Waals surface area contributed by atoms with Crippen LogP contribution < -0.4 is 15.1 Å². The molecule has 1 aliphatic carbocycles. The Balaban J connectivity index is 1.56. The lowest BCUT2D eigenvalue weighted by Crippen LogP contribution is -2.32. The molecule has 0 bridgehead atoms. The summed E-state index contributed by atoms with van der Waals surface area (Å²) >= 11 is 0. The van der Waals surface area contributed by atoms with Crippen molar-refractivity contribution in [2.45, 2.75) is 6.18 Å². The molecule has 0 saturated carbocycles. The van der Waals surface area contributed by atoms with E-state index in [-0.39, 0.29) is 71.4 Å². The number of phenolic OH excluding ortho intramolecular Hbond substituents is 1. The molecule has 3 aliphatic rings. The van der Waals surface area contributed by atoms with E-state index in [0.717, 1.165) is 6.07 Å². The highest BCUT2D eigenvalue weighted by Crippen LogP contribution is 2.48. The van der Waals surface area contributed by atoms with E-state index in [1.807, 2.05) is 0 Å². The number of rotatable bonds is 3. The minimum atomic E-state index is -4.78. The minimum Gasteiger partial charge on any atom is -0.508 e. The van der Waals surface area contributed by atoms with Crippen molar-refractivity contribution >= 4 is 16.7 Å². The maximum Gasteiger partial charge on any atom is 0.417 e. The summed E-state index contributed by atoms with van der Waals surface area (Å²) in [5, 5.41) is 10.4. The number of fused-ring (bicyclic) bond motifs is 2. The number of benzene rings is 3. The number of ether oxygens (including phenoxy) is 6. The Bertz CT molecular complexity index is 1610. The fraction of sp³-hybridized carbons (Fsp3) is 0.424. The predicted octanol–water partition coefficient (Wildman–Crippen LogP) is 5.20. The lowest BCUT2D eigenvalue weighted by molar-refractivity contribution is -0.137. The zero-order valence-electron chi connectivity index (χ0n) is 25.4. The standard InChI is InChI=1S/C33H36F3NO9/c1-40-31-20-26(32-24-4-2-22(38)18-29(24)46-30-19-23(39)3-5-25(30)32)27(33(34,35)36)21-28(31)37-6-8-41-10-12-43-14-16-45-17-15-44-13-11-42-9-7-37/h2-5,18-21,38H,6-17H2,1H3. The smallest absolute Gasteiger partial charge is 0.417 e. The average Bonchev–Trinajstić information content (AvgIpc) is 3.02. The second-order valence-corrected chi connectivity index (χ2v) is 10.4. The van der Waals surface area contributed by atoms with Crippen LogP contribution in [0.3, 0.4) is 0 Å². The number of methoxy groups -OCH3 is 1. The number of aromatic hydroxyl groups is 1. The van der Waals surface area contributed by atoms with Crippen LogP contribution >= 0.6 is 0 Å². The van der Waals surface area contributed by atoms with Crippen LogP contribution in [-0.4, -0.2) is 91.4 Å². The molecule has 13 heteroatoms. The van der Waals surface area contributed by atoms with Crippen LogP contribution in [0, 0.1) is 0 Å². The van der Waals surface area contributed by atoms with E-state index in [0.29, 0.717) is 63.8 Å². The maximum atomic E-state index is 15.0. The van der Waals surface area contributed by atoms with Gasteiger partial charge in [0.2, 0.25) is 0 Å². The summed E-state index contributed by atoms with van der Waals surface area (Å²) in [5.74, 6) is 0.136. The molecule has 0 atom stereocenters. The Hall–Kier alpha value is -3.88. The van der Waals surface area contributed by atoms with Gasteiger partial charge in [0.15, 0.2) is 5.43 Å². The molecule has 2 heterocycles. The van der Waals surface area contributed by atoms with E-state index in [1.165, 1.54) is 49.6 Å². The Morgan fingerprint density at radius 2 is 1.33 bits per heavy atom. The first-order chi connectivity index (χ1) is 22.3. The van der Waals surface area contributed by atoms with Gasteiger partial charge in [0.1, 0.15) is 22.8 Å². The summed E-state index contributed by atoms with van der Waals surface area (Å²) in [5.41, 5.74) is -0.652. The van der Waals surface area contributed by atoms with Crippen molar-refractivity contribution in [2.24, 2.45) is 0 Å². The number of hydrogen-bond acceptors (Lipinski definition) is 10. The SMILES string of the molecule is COc1cc(-c2c3ccc(=O)cc-3oc3cc(O)ccc23)c(C(F)(F)F)cc1N1CCOCCOCCOCCOCCOCC1. The Morgan fingerprint density at radius 3 is 1.89 bits per heavy atom. The molecule has 0 radical (unpaired) electrons. The van der Waals surface area contributed by atoms with Crippen molar-refractivity contribution in [1.29, 1.82) is 0 Å². The molecule has 1 saturated heterocycles. The Morgan fingerprint density at radius 1 is 0.739 bits per heavy atom. The molecule has 5 rings (SSSR count). The fourth-order valence-corrected chi connectivity index (χ4v) is 5.25. The van der Waals surface area contributed by atoms with E-state index in [2.05, 4.69) is 0 Å². The van der Waals surface area contributed by atoms with Gasteiger partial charge in [0.25, 0.3) is 0 Å². The Labute approximate surface area is 263 Å². The van der Waals surface area contributed by atoms with Crippen LogP contribution in [0.4, 0.5) is 18.9 Å². The van der Waals surface area contributed by atoms with E-state index in [1.54, 1.807) is 4.90 Å². The summed E-state index contributed by atoms with van der Waals surface area (Å²) in [6.45, 7) is 3.88. The number of nitrogens with zero attached hydrogens (tertiary/aromatic N) is 1. The molecule has 1 fully saturated rings. The molecule has 0 aromatic heterocycles. The zero-order valence-corrected chi connectivity index (χ0v) is 25.4. The molecule has 0 spiro atoms. The predicted molar refractivity (Wildman–Crippen MR) is 164 cm³/mol. The van der Waals surface area contributed by atoms with Gasteiger partial charge in [0, 0.05) is 41.7 Å². The highest BCUT2D eigenvalue weighted by Gasteiger charge is 2.37. The van der Waals surface area contributed by atoms with Gasteiger partial charge in [-0.25, -0.2) is 0 Å². The van der Waals surface area contributed by atoms with Crippen LogP contribution in [0.25, 0.3) is 33.4 Å². The summed E-state index contributed by atoms with van der Waals surface area (Å²) < 4.78 is 84.3. The van der Waals surface area contributed by atoms with Crippen molar-refractivity contribution in [1.82, 2.24) is 0 Å². The zero-order chi connectivity index (χ0) is 32.5. The van der Waals surface area contributed by atoms with Crippen molar-refractivity contribution in [3.63, 3.8) is 0 Å². The summed E-state index contributed by atoms with van der Waals surface area (Å²) in [7, 11) is 1.39. The third-order valence-electron chi connectivity index (χ3n) is 7.41. The van der Waals surface area contributed by atoms with Crippen LogP contribution in [0.5, 0.6) is 11.5 Å². The van der Waals surface area contributed by atoms with Gasteiger partial charge in [0.05, 0.1) is 84.4 Å². The normalized spacial score (nSPS) is 17.1. The first-order valence-electron chi connectivity index (χ1n) is 14.9. The first-order valence-corrected chi connectivity index (χ1v) is 14.9. The van der Waals surface area contributed by atoms with E-state index >= 15 is 0 Å². The molecule has 10 nitrogen and oxygen atoms in total. The van der Waals surface area contributed by atoms with Gasteiger partial charge in [-0.05, 0) is 42.0 Å². The molecule has 2 aliphatic heterocycles. The highest BCUT2D eigenvalue weighted by atomic mass is 19.4. The molecular formula is C33H36F3NO9. The minimum absolute atomic E-state index is 0.0826. The van der Waals surface area contributed by atoms with Crippen molar-refractivity contribution < 1.29 is 51.1 Å². The second-order valence-electron chi connectivity index (χ2n) is 10.4. The molecule has 0 unspecified atom stereocenters. The van der Waals surface area contributed by atoms with Crippen molar-refractivity contribution in [2.75, 3.05) is 91.2 Å². The Kier molecular flexibility index (Phi) is 11.4. The molecule has 2 aromatic rings. The van der Waals surface area contributed by atoms with E-state index < -0.39 is 11.7 Å². The van der Waals surface area contributed by atoms with Crippen molar-refractivity contribution in [3.8, 4) is 33.9 Å². The van der Waals surface area contributed by atoms with Crippen LogP contribution in [-0.2, 0) is 29.9 Å². The monoisotopic (exact) mass is 647 g/mol. The van der Waals surface area contributed by atoms with Gasteiger partial charge in [-0.15, -0.1) is 0 Å². The maximum absolute atomic E-state index is 15.0. The number of phenols is 1. The molecule has 0 amide bonds. The number of hydrogen-bond donors (Lipinski definition) is 1. The quantitative estimate of drug-likeness (QED) is 0.298. The summed E-state index contributed by atoms with van der Waals surface area (Å²) in [6.07, 6.45) is -4.78. The van der Waals surface area contributed by atoms with Gasteiger partial charge in [-0.3, -0.25) is 4.79 Å². The lowest BCUT2D eigenvalue weighted by atomic mass is 9.90. The largest absolute Gasteiger partial charge is 0.508 e. The topological polar surface area (TPSA) is 109 Å². The van der Waals surface area contributed by atoms with E-state index in [9.17, 15) is 23.1 Å². The number of halogens is 3. The third-order valence-corrected chi connectivity index (χ3v) is 7.41. The lowest BCUT2D eigenvalue weighted by Gasteiger charge is -2.29. The van der Waals surface area contributed by atoms with Gasteiger partial charge < -0.3 is 42.8 Å². The molecule has 1 N–H and O–H groups in total. The fourth-order valence-electron chi connectivity index (χ4n) is 5.25. The van der Waals surface area contributed by atoms with Crippen LogP contribution in [0.1, 0.15) is 5.56 Å². The van der Waals surface area contributed by atoms with Crippen LogP contribution in [0.15, 0.2) is 57.7 Å². The van der Waals surface area contributed by atoms with E-state index in [4.69, 9.17) is 32.8 Å². The molecular weight excluding hydrogens is 611 g/mol. The summed E-state index contributed by atoms with van der Waals surface area (Å²) in [4.78, 5) is 13.9.